The minimum atomic E-state index is -3.57. The Morgan fingerprint density at radius 2 is 1.92 bits per heavy atom. The molecule has 8 heteroatoms. The maximum absolute atomic E-state index is 12.3. The molecule has 0 aliphatic heterocycles. The summed E-state index contributed by atoms with van der Waals surface area (Å²) in [5.74, 6) is -0.407. The van der Waals surface area contributed by atoms with Gasteiger partial charge in [-0.2, -0.15) is 4.31 Å². The van der Waals surface area contributed by atoms with Crippen LogP contribution in [-0.4, -0.2) is 37.7 Å². The average Bonchev–Trinajstić information content (AvgIpc) is 2.55. The van der Waals surface area contributed by atoms with E-state index in [4.69, 9.17) is 11.6 Å². The molecule has 0 atom stereocenters. The van der Waals surface area contributed by atoms with Crippen molar-refractivity contribution in [3.63, 3.8) is 0 Å². The predicted molar refractivity (Wildman–Crippen MR) is 104 cm³/mol. The third-order valence-corrected chi connectivity index (χ3v) is 5.74. The quantitative estimate of drug-likeness (QED) is 0.725. The molecule has 0 spiro atoms. The van der Waals surface area contributed by atoms with Crippen LogP contribution in [0.15, 0.2) is 53.4 Å². The molecule has 2 rings (SSSR count). The van der Waals surface area contributed by atoms with Gasteiger partial charge in [-0.05, 0) is 36.1 Å². The third-order valence-electron chi connectivity index (χ3n) is 3.45. The van der Waals surface area contributed by atoms with Gasteiger partial charge in [-0.15, -0.1) is 11.8 Å². The van der Waals surface area contributed by atoms with Crippen molar-refractivity contribution in [1.82, 2.24) is 4.31 Å². The highest BCUT2D eigenvalue weighted by Crippen LogP contribution is 2.20. The molecule has 5 nitrogen and oxygen atoms in total. The summed E-state index contributed by atoms with van der Waals surface area (Å²) >= 11 is 7.65. The second-order valence-electron chi connectivity index (χ2n) is 5.40. The van der Waals surface area contributed by atoms with Crippen LogP contribution >= 0.6 is 23.4 Å². The Labute approximate surface area is 157 Å². The molecule has 0 aliphatic carbocycles. The second-order valence-corrected chi connectivity index (χ2v) is 8.67. The van der Waals surface area contributed by atoms with E-state index in [9.17, 15) is 13.2 Å². The number of anilines is 1. The molecule has 0 aromatic heterocycles. The lowest BCUT2D eigenvalue weighted by molar-refractivity contribution is -0.116. The lowest BCUT2D eigenvalue weighted by Gasteiger charge is -2.20. The van der Waals surface area contributed by atoms with Gasteiger partial charge in [0.05, 0.1) is 12.8 Å². The highest BCUT2D eigenvalue weighted by atomic mass is 35.5. The van der Waals surface area contributed by atoms with Gasteiger partial charge in [0.2, 0.25) is 15.9 Å². The zero-order valence-electron chi connectivity index (χ0n) is 13.9. The van der Waals surface area contributed by atoms with Gasteiger partial charge < -0.3 is 5.32 Å². The van der Waals surface area contributed by atoms with Gasteiger partial charge in [-0.25, -0.2) is 8.42 Å². The van der Waals surface area contributed by atoms with Crippen LogP contribution in [0.3, 0.4) is 0 Å². The van der Waals surface area contributed by atoms with Crippen LogP contribution in [0.4, 0.5) is 5.69 Å². The van der Waals surface area contributed by atoms with Crippen LogP contribution < -0.4 is 5.32 Å². The topological polar surface area (TPSA) is 66.5 Å². The van der Waals surface area contributed by atoms with Gasteiger partial charge in [0.1, 0.15) is 0 Å². The maximum Gasteiger partial charge on any atom is 0.239 e. The van der Waals surface area contributed by atoms with E-state index in [0.717, 1.165) is 15.5 Å². The molecular formula is C17H19ClN2O3S2. The first kappa shape index (κ1) is 19.8. The van der Waals surface area contributed by atoms with E-state index in [2.05, 4.69) is 5.32 Å². The minimum Gasteiger partial charge on any atom is -0.325 e. The van der Waals surface area contributed by atoms with Crippen LogP contribution in [0.2, 0.25) is 5.02 Å². The number of rotatable bonds is 7. The molecule has 0 fully saturated rings. The first-order valence-electron chi connectivity index (χ1n) is 7.42. The van der Waals surface area contributed by atoms with Crippen molar-refractivity contribution in [3.05, 3.63) is 59.1 Å². The fourth-order valence-electron chi connectivity index (χ4n) is 2.17. The van der Waals surface area contributed by atoms with Crippen molar-refractivity contribution in [2.45, 2.75) is 11.4 Å². The van der Waals surface area contributed by atoms with Gasteiger partial charge in [0, 0.05) is 22.2 Å². The van der Waals surface area contributed by atoms with Gasteiger partial charge in [0.15, 0.2) is 0 Å². The Hall–Kier alpha value is -1.54. The van der Waals surface area contributed by atoms with Crippen LogP contribution in [0.1, 0.15) is 5.56 Å². The molecule has 2 aromatic rings. The molecule has 25 heavy (non-hydrogen) atoms. The van der Waals surface area contributed by atoms with Gasteiger partial charge in [-0.3, -0.25) is 4.79 Å². The van der Waals surface area contributed by atoms with Crippen molar-refractivity contribution in [2.75, 3.05) is 24.4 Å². The Kier molecular flexibility index (Phi) is 6.89. The minimum absolute atomic E-state index is 0.0385. The SMILES string of the molecule is CSc1cccc(NC(=O)CN(Cc2ccccc2Cl)S(C)(=O)=O)c1. The Morgan fingerprint density at radius 3 is 2.56 bits per heavy atom. The molecule has 2 aromatic carbocycles. The molecule has 0 saturated heterocycles. The number of thioether (sulfide) groups is 1. The summed E-state index contributed by atoms with van der Waals surface area (Å²) in [5.41, 5.74) is 1.27. The largest absolute Gasteiger partial charge is 0.325 e. The zero-order chi connectivity index (χ0) is 18.4. The van der Waals surface area contributed by atoms with E-state index in [0.29, 0.717) is 16.3 Å². The van der Waals surface area contributed by atoms with Crippen LogP contribution in [-0.2, 0) is 21.4 Å². The smallest absolute Gasteiger partial charge is 0.239 e. The highest BCUT2D eigenvalue weighted by Gasteiger charge is 2.21. The Bertz CT molecular complexity index is 856. The summed E-state index contributed by atoms with van der Waals surface area (Å²) in [4.78, 5) is 13.3. The van der Waals surface area contributed by atoms with E-state index in [-0.39, 0.29) is 13.1 Å². The Morgan fingerprint density at radius 1 is 1.20 bits per heavy atom. The number of hydrogen-bond acceptors (Lipinski definition) is 4. The summed E-state index contributed by atoms with van der Waals surface area (Å²) in [6.45, 7) is -0.246. The van der Waals surface area contributed by atoms with Gasteiger partial charge in [0.25, 0.3) is 0 Å². The van der Waals surface area contributed by atoms with E-state index >= 15 is 0 Å². The standard InChI is InChI=1S/C17H19ClN2O3S2/c1-24-15-8-5-7-14(10-15)19-17(21)12-20(25(2,22)23)11-13-6-3-4-9-16(13)18/h3-10H,11-12H2,1-2H3,(H,19,21). The predicted octanol–water partition coefficient (Wildman–Crippen LogP) is 3.46. The van der Waals surface area contributed by atoms with E-state index in [1.807, 2.05) is 24.5 Å². The second kappa shape index (κ2) is 8.71. The summed E-state index contributed by atoms with van der Waals surface area (Å²) in [6.07, 6.45) is 3.02. The summed E-state index contributed by atoms with van der Waals surface area (Å²) < 4.78 is 25.2. The van der Waals surface area contributed by atoms with Crippen molar-refractivity contribution in [3.8, 4) is 0 Å². The number of nitrogens with one attached hydrogen (secondary N) is 1. The summed E-state index contributed by atoms with van der Waals surface area (Å²) in [6, 6.07) is 14.3. The molecule has 0 radical (unpaired) electrons. The number of carbonyl (C=O) groups excluding carboxylic acids is 1. The molecular weight excluding hydrogens is 380 g/mol. The number of sulfonamides is 1. The van der Waals surface area contributed by atoms with Crippen molar-refractivity contribution in [1.29, 1.82) is 0 Å². The maximum atomic E-state index is 12.3. The summed E-state index contributed by atoms with van der Waals surface area (Å²) in [5, 5.41) is 3.19. The fraction of sp³-hybridized carbons (Fsp3) is 0.235. The number of hydrogen-bond donors (Lipinski definition) is 1. The molecule has 1 N–H and O–H groups in total. The van der Waals surface area contributed by atoms with E-state index in [1.165, 1.54) is 0 Å². The average molecular weight is 399 g/mol. The van der Waals surface area contributed by atoms with E-state index in [1.54, 1.807) is 42.1 Å². The molecule has 0 aliphatic rings. The molecule has 0 unspecified atom stereocenters. The third kappa shape index (κ3) is 6.04. The molecule has 0 bridgehead atoms. The number of benzene rings is 2. The van der Waals surface area contributed by atoms with Crippen molar-refractivity contribution >= 4 is 45.0 Å². The molecule has 0 saturated carbocycles. The number of amides is 1. The number of carbonyl (C=O) groups is 1. The van der Waals surface area contributed by atoms with Gasteiger partial charge in [-0.1, -0.05) is 35.9 Å². The molecule has 0 heterocycles. The lowest BCUT2D eigenvalue weighted by atomic mass is 10.2. The monoisotopic (exact) mass is 398 g/mol. The first-order valence-corrected chi connectivity index (χ1v) is 10.9. The number of nitrogens with zero attached hydrogens (tertiary/aromatic N) is 1. The van der Waals surface area contributed by atoms with Crippen molar-refractivity contribution < 1.29 is 13.2 Å². The zero-order valence-corrected chi connectivity index (χ0v) is 16.3. The first-order chi connectivity index (χ1) is 11.8. The van der Waals surface area contributed by atoms with Crippen LogP contribution in [0, 0.1) is 0 Å². The van der Waals surface area contributed by atoms with E-state index < -0.39 is 15.9 Å². The molecule has 134 valence electrons. The molecule has 1 amide bonds. The van der Waals surface area contributed by atoms with Crippen LogP contribution in [0.5, 0.6) is 0 Å². The summed E-state index contributed by atoms with van der Waals surface area (Å²) in [7, 11) is -3.57. The number of halogens is 1. The fourth-order valence-corrected chi connectivity index (χ4v) is 3.55. The highest BCUT2D eigenvalue weighted by molar-refractivity contribution is 7.98. The van der Waals surface area contributed by atoms with Crippen LogP contribution in [0.25, 0.3) is 0 Å². The van der Waals surface area contributed by atoms with Crippen molar-refractivity contribution in [2.24, 2.45) is 0 Å². The lowest BCUT2D eigenvalue weighted by Crippen LogP contribution is -2.37. The van der Waals surface area contributed by atoms with Gasteiger partial charge >= 0.3 is 0 Å². The Balaban J connectivity index is 2.11. The normalized spacial score (nSPS) is 11.5.